The predicted molar refractivity (Wildman–Crippen MR) is 196 cm³/mol. The molecule has 7 heterocycles. The first-order valence-corrected chi connectivity index (χ1v) is 20.0. The summed E-state index contributed by atoms with van der Waals surface area (Å²) in [5.41, 5.74) is 0.820. The number of carboxylic acids is 1. The standard InChI is InChI=1S/C38H47F2N7O7S/c1-23-8-9-27(30(37(4,5)36(48)49)26-10-15-47-32(25(26)3)43-44-33(47)31(39)40)41-28(23)21-46-22-38(11-17-52-18-12-38)54-35-29(55(46,50)51)20-24(2)34(42-35)53-19-16-45-13-6-7-14-45/h8-10,15,20,30-31H,6-7,11-14,16-19,21-22H2,1-5H3,(H,48,49)/t30-/m0/s1. The van der Waals surface area contributed by atoms with Gasteiger partial charge in [0.1, 0.15) is 17.1 Å². The lowest BCUT2D eigenvalue weighted by Gasteiger charge is -2.38. The van der Waals surface area contributed by atoms with Gasteiger partial charge in [-0.05, 0) is 95.4 Å². The first-order chi connectivity index (χ1) is 26.1. The van der Waals surface area contributed by atoms with Crippen molar-refractivity contribution in [1.82, 2.24) is 33.8 Å². The number of pyridine rings is 3. The third-order valence-electron chi connectivity index (χ3n) is 11.3. The number of halogens is 2. The number of likely N-dealkylation sites (tertiary alicyclic amines) is 1. The number of alkyl halides is 2. The zero-order chi connectivity index (χ0) is 39.3. The van der Waals surface area contributed by atoms with Crippen LogP contribution in [0.4, 0.5) is 8.78 Å². The second kappa shape index (κ2) is 15.0. The van der Waals surface area contributed by atoms with E-state index in [2.05, 4.69) is 20.1 Å². The van der Waals surface area contributed by atoms with Crippen LogP contribution in [0.25, 0.3) is 5.65 Å². The molecule has 4 aromatic heterocycles. The molecule has 0 radical (unpaired) electrons. The lowest BCUT2D eigenvalue weighted by atomic mass is 9.72. The van der Waals surface area contributed by atoms with Crippen LogP contribution < -0.4 is 9.47 Å². The first-order valence-electron chi connectivity index (χ1n) is 18.6. The molecule has 2 saturated heterocycles. The van der Waals surface area contributed by atoms with E-state index in [0.29, 0.717) is 72.2 Å². The maximum Gasteiger partial charge on any atom is 0.310 e. The van der Waals surface area contributed by atoms with Crippen LogP contribution in [0, 0.1) is 26.2 Å². The lowest BCUT2D eigenvalue weighted by Crippen LogP contribution is -2.50. The summed E-state index contributed by atoms with van der Waals surface area (Å²) in [5.74, 6) is -2.20. The number of aryl methyl sites for hydroxylation is 3. The smallest absolute Gasteiger partial charge is 0.310 e. The summed E-state index contributed by atoms with van der Waals surface area (Å²) in [5, 5.41) is 18.1. The van der Waals surface area contributed by atoms with Gasteiger partial charge in [-0.25, -0.2) is 17.2 Å². The Balaban J connectivity index is 1.27. The summed E-state index contributed by atoms with van der Waals surface area (Å²) in [6, 6.07) is 6.66. The molecule has 7 rings (SSSR count). The largest absolute Gasteiger partial charge is 0.481 e. The number of aromatic nitrogens is 5. The van der Waals surface area contributed by atoms with Gasteiger partial charge in [0.15, 0.2) is 5.65 Å². The summed E-state index contributed by atoms with van der Waals surface area (Å²) in [6.45, 7) is 12.2. The van der Waals surface area contributed by atoms with Crippen molar-refractivity contribution in [3.8, 4) is 11.8 Å². The van der Waals surface area contributed by atoms with Crippen LogP contribution in [0.3, 0.4) is 0 Å². The topological polar surface area (TPSA) is 162 Å². The van der Waals surface area contributed by atoms with E-state index in [1.165, 1.54) is 14.9 Å². The van der Waals surface area contributed by atoms with Gasteiger partial charge in [-0.2, -0.15) is 9.29 Å². The van der Waals surface area contributed by atoms with E-state index in [4.69, 9.17) is 19.2 Å². The minimum Gasteiger partial charge on any atom is -0.481 e. The maximum absolute atomic E-state index is 14.7. The molecule has 0 amide bonds. The number of nitrogens with zero attached hydrogens (tertiary/aromatic N) is 7. The fraction of sp³-hybridized carbons (Fsp3) is 0.553. The van der Waals surface area contributed by atoms with E-state index in [-0.39, 0.29) is 29.5 Å². The lowest BCUT2D eigenvalue weighted by molar-refractivity contribution is -0.147. The summed E-state index contributed by atoms with van der Waals surface area (Å²) in [4.78, 5) is 24.8. The molecule has 17 heteroatoms. The average molecular weight is 784 g/mol. The van der Waals surface area contributed by atoms with Crippen molar-refractivity contribution in [2.45, 2.75) is 89.7 Å². The number of aliphatic carboxylic acids is 1. The molecule has 0 aliphatic carbocycles. The molecule has 0 saturated carbocycles. The molecule has 2 fully saturated rings. The molecule has 0 aromatic carbocycles. The minimum atomic E-state index is -4.22. The molecule has 1 spiro atoms. The van der Waals surface area contributed by atoms with E-state index >= 15 is 0 Å². The predicted octanol–water partition coefficient (Wildman–Crippen LogP) is 5.23. The van der Waals surface area contributed by atoms with Crippen LogP contribution in [0.5, 0.6) is 11.8 Å². The number of carboxylic acid groups (broad SMARTS) is 1. The number of ether oxygens (including phenoxy) is 3. The maximum atomic E-state index is 14.7. The highest BCUT2D eigenvalue weighted by molar-refractivity contribution is 7.89. The van der Waals surface area contributed by atoms with Crippen LogP contribution in [-0.2, 0) is 26.1 Å². The molecule has 1 N–H and O–H groups in total. The molecular weight excluding hydrogens is 737 g/mol. The van der Waals surface area contributed by atoms with Gasteiger partial charge < -0.3 is 19.3 Å². The highest BCUT2D eigenvalue weighted by Crippen LogP contribution is 2.44. The second-order valence-electron chi connectivity index (χ2n) is 15.4. The fourth-order valence-corrected chi connectivity index (χ4v) is 9.47. The Hall–Kier alpha value is -4.32. The monoisotopic (exact) mass is 783 g/mol. The highest BCUT2D eigenvalue weighted by atomic mass is 32.2. The molecule has 4 aromatic rings. The summed E-state index contributed by atoms with van der Waals surface area (Å²) < 4.78 is 77.7. The van der Waals surface area contributed by atoms with Crippen molar-refractivity contribution in [2.75, 3.05) is 46.0 Å². The SMILES string of the molecule is Cc1ccc([C@H](c2ccn3c(C(F)F)nnc3c2C)C(C)(C)C(=O)O)nc1CN1CC2(CCOCC2)Oc2nc(OCCN3CCCC3)c(C)cc2S1(=O)=O. The van der Waals surface area contributed by atoms with E-state index in [0.717, 1.165) is 32.5 Å². The van der Waals surface area contributed by atoms with E-state index < -0.39 is 45.2 Å². The fourth-order valence-electron chi connectivity index (χ4n) is 7.86. The number of hydrogen-bond donors (Lipinski definition) is 1. The molecular formula is C38H47F2N7O7S. The summed E-state index contributed by atoms with van der Waals surface area (Å²) in [6.07, 6.45) is 1.73. The Labute approximate surface area is 318 Å². The van der Waals surface area contributed by atoms with Gasteiger partial charge in [-0.1, -0.05) is 6.07 Å². The van der Waals surface area contributed by atoms with Crippen molar-refractivity contribution < 1.29 is 41.3 Å². The van der Waals surface area contributed by atoms with Crippen LogP contribution in [0.1, 0.15) is 91.3 Å². The van der Waals surface area contributed by atoms with Crippen molar-refractivity contribution in [1.29, 1.82) is 0 Å². The van der Waals surface area contributed by atoms with Crippen molar-refractivity contribution in [3.63, 3.8) is 0 Å². The molecule has 55 heavy (non-hydrogen) atoms. The van der Waals surface area contributed by atoms with Crippen molar-refractivity contribution in [3.05, 3.63) is 69.9 Å². The van der Waals surface area contributed by atoms with Crippen LogP contribution in [0.2, 0.25) is 0 Å². The number of carbonyl (C=O) groups is 1. The molecule has 296 valence electrons. The molecule has 0 unspecified atom stereocenters. The Morgan fingerprint density at radius 1 is 1.05 bits per heavy atom. The van der Waals surface area contributed by atoms with Crippen LogP contribution >= 0.6 is 0 Å². The van der Waals surface area contributed by atoms with E-state index in [1.807, 2.05) is 6.92 Å². The summed E-state index contributed by atoms with van der Waals surface area (Å²) >= 11 is 0. The molecule has 0 bridgehead atoms. The van der Waals surface area contributed by atoms with E-state index in [1.54, 1.807) is 52.0 Å². The van der Waals surface area contributed by atoms with E-state index in [9.17, 15) is 27.1 Å². The second-order valence-corrected chi connectivity index (χ2v) is 17.3. The van der Waals surface area contributed by atoms with Crippen LogP contribution in [-0.4, -0.2) is 105 Å². The number of sulfonamides is 1. The molecule has 3 aliphatic heterocycles. The molecule has 3 aliphatic rings. The third kappa shape index (κ3) is 7.38. The molecule has 14 nitrogen and oxygen atoms in total. The first kappa shape index (κ1) is 38.9. The van der Waals surface area contributed by atoms with Crippen LogP contribution in [0.15, 0.2) is 35.4 Å². The minimum absolute atomic E-state index is 0.00374. The number of fused-ring (bicyclic) bond motifs is 2. The number of hydrogen-bond acceptors (Lipinski definition) is 11. The Bertz CT molecular complexity index is 2200. The van der Waals surface area contributed by atoms with Crippen molar-refractivity contribution in [2.24, 2.45) is 5.41 Å². The van der Waals surface area contributed by atoms with Gasteiger partial charge >= 0.3 is 5.97 Å². The normalized spacial score (nSPS) is 19.3. The van der Waals surface area contributed by atoms with Crippen molar-refractivity contribution >= 4 is 21.6 Å². The zero-order valence-corrected chi connectivity index (χ0v) is 32.5. The zero-order valence-electron chi connectivity index (χ0n) is 31.7. The summed E-state index contributed by atoms with van der Waals surface area (Å²) in [7, 11) is -4.22. The van der Waals surface area contributed by atoms with Gasteiger partial charge in [0, 0.05) is 42.8 Å². The van der Waals surface area contributed by atoms with Gasteiger partial charge in [0.2, 0.25) is 27.6 Å². The third-order valence-corrected chi connectivity index (χ3v) is 13.0. The highest BCUT2D eigenvalue weighted by Gasteiger charge is 2.47. The quantitative estimate of drug-likeness (QED) is 0.211. The van der Waals surface area contributed by atoms with Gasteiger partial charge in [-0.15, -0.1) is 10.2 Å². The average Bonchev–Trinajstić information content (AvgIpc) is 3.81. The molecule has 1 atom stereocenters. The van der Waals surface area contributed by atoms with Gasteiger partial charge in [0.05, 0.1) is 37.4 Å². The Morgan fingerprint density at radius 3 is 2.47 bits per heavy atom. The Morgan fingerprint density at radius 2 is 1.78 bits per heavy atom. The Kier molecular flexibility index (Phi) is 10.6. The van der Waals surface area contributed by atoms with Gasteiger partial charge in [0.25, 0.3) is 6.43 Å². The number of rotatable bonds is 11. The van der Waals surface area contributed by atoms with Gasteiger partial charge in [-0.3, -0.25) is 19.1 Å².